The van der Waals surface area contributed by atoms with Crippen LogP contribution in [0.1, 0.15) is 24.4 Å². The monoisotopic (exact) mass is 276 g/mol. The molecule has 0 spiro atoms. The third kappa shape index (κ3) is 2.43. The zero-order chi connectivity index (χ0) is 14.1. The van der Waals surface area contributed by atoms with Crippen molar-refractivity contribution in [1.82, 2.24) is 4.90 Å². The van der Waals surface area contributed by atoms with Gasteiger partial charge in [-0.05, 0) is 36.5 Å². The van der Waals surface area contributed by atoms with Gasteiger partial charge >= 0.3 is 0 Å². The van der Waals surface area contributed by atoms with Gasteiger partial charge in [-0.2, -0.15) is 0 Å². The minimum atomic E-state index is -0.117. The van der Waals surface area contributed by atoms with Gasteiger partial charge in [0.05, 0.1) is 13.2 Å². The smallest absolute Gasteiger partial charge is 0.119 e. The molecule has 4 unspecified atom stereocenters. The highest BCUT2D eigenvalue weighted by Gasteiger charge is 2.43. The van der Waals surface area contributed by atoms with Crippen LogP contribution in [0.2, 0.25) is 0 Å². The van der Waals surface area contributed by atoms with Crippen LogP contribution in [0.15, 0.2) is 24.3 Å². The van der Waals surface area contributed by atoms with E-state index in [1.807, 2.05) is 12.1 Å². The van der Waals surface area contributed by atoms with Gasteiger partial charge in [0.15, 0.2) is 0 Å². The number of nitrogens with zero attached hydrogens (tertiary/aromatic N) is 1. The number of aliphatic hydroxyl groups excluding tert-OH is 1. The average Bonchev–Trinajstić information content (AvgIpc) is 3.03. The van der Waals surface area contributed by atoms with E-state index in [1.165, 1.54) is 5.56 Å². The lowest BCUT2D eigenvalue weighted by atomic mass is 10.00. The molecule has 0 radical (unpaired) electrons. The second-order valence-electron chi connectivity index (χ2n) is 6.05. The molecule has 1 aliphatic heterocycles. The summed E-state index contributed by atoms with van der Waals surface area (Å²) in [5, 5.41) is 10.0. The SMILES string of the molecule is COc1cccc(C(CN)N2CC3CCC(O)C3C2)c1. The standard InChI is InChI=1S/C16H24N2O2/c1-20-13-4-2-3-11(7-13)15(8-17)18-9-12-5-6-16(19)14(12)10-18/h2-4,7,12,14-16,19H,5-6,8-10,17H2,1H3. The van der Waals surface area contributed by atoms with Gasteiger partial charge < -0.3 is 15.6 Å². The molecule has 2 fully saturated rings. The van der Waals surface area contributed by atoms with Crippen molar-refractivity contribution < 1.29 is 9.84 Å². The molecule has 4 atom stereocenters. The minimum Gasteiger partial charge on any atom is -0.497 e. The summed E-state index contributed by atoms with van der Waals surface area (Å²) in [6, 6.07) is 8.39. The number of aliphatic hydroxyl groups is 1. The Balaban J connectivity index is 1.77. The molecule has 1 heterocycles. The zero-order valence-corrected chi connectivity index (χ0v) is 12.0. The van der Waals surface area contributed by atoms with E-state index in [-0.39, 0.29) is 12.1 Å². The number of methoxy groups -OCH3 is 1. The van der Waals surface area contributed by atoms with Crippen LogP contribution in [0, 0.1) is 11.8 Å². The first-order valence-electron chi connectivity index (χ1n) is 7.49. The van der Waals surface area contributed by atoms with Crippen LogP contribution < -0.4 is 10.5 Å². The number of hydrogen-bond acceptors (Lipinski definition) is 4. The number of nitrogens with two attached hydrogens (primary N) is 1. The van der Waals surface area contributed by atoms with Crippen molar-refractivity contribution in [3.63, 3.8) is 0 Å². The van der Waals surface area contributed by atoms with Crippen LogP contribution >= 0.6 is 0 Å². The molecular formula is C16H24N2O2. The fourth-order valence-corrected chi connectivity index (χ4v) is 3.87. The highest BCUT2D eigenvalue weighted by atomic mass is 16.5. The Hall–Kier alpha value is -1.10. The fraction of sp³-hybridized carbons (Fsp3) is 0.625. The number of benzene rings is 1. The van der Waals surface area contributed by atoms with Gasteiger partial charge in [-0.1, -0.05) is 12.1 Å². The maximum Gasteiger partial charge on any atom is 0.119 e. The van der Waals surface area contributed by atoms with Gasteiger partial charge in [0.25, 0.3) is 0 Å². The molecule has 1 aromatic carbocycles. The van der Waals surface area contributed by atoms with Crippen LogP contribution in [-0.2, 0) is 0 Å². The number of hydrogen-bond donors (Lipinski definition) is 2. The maximum absolute atomic E-state index is 10.0. The molecule has 110 valence electrons. The van der Waals surface area contributed by atoms with Crippen LogP contribution in [0.4, 0.5) is 0 Å². The van der Waals surface area contributed by atoms with Crippen LogP contribution in [-0.4, -0.2) is 42.9 Å². The lowest BCUT2D eigenvalue weighted by Crippen LogP contribution is -2.33. The van der Waals surface area contributed by atoms with Gasteiger partial charge in [0.1, 0.15) is 5.75 Å². The maximum atomic E-state index is 10.0. The second-order valence-corrected chi connectivity index (χ2v) is 6.05. The van der Waals surface area contributed by atoms with Gasteiger partial charge in [0, 0.05) is 31.6 Å². The fourth-order valence-electron chi connectivity index (χ4n) is 3.87. The van der Waals surface area contributed by atoms with Crippen molar-refractivity contribution >= 4 is 0 Å². The lowest BCUT2D eigenvalue weighted by Gasteiger charge is -2.28. The molecule has 2 aliphatic rings. The Morgan fingerprint density at radius 3 is 2.95 bits per heavy atom. The predicted octanol–water partition coefficient (Wildman–Crippen LogP) is 1.40. The van der Waals surface area contributed by atoms with Crippen LogP contribution in [0.25, 0.3) is 0 Å². The Labute approximate surface area is 120 Å². The predicted molar refractivity (Wildman–Crippen MR) is 78.6 cm³/mol. The van der Waals surface area contributed by atoms with E-state index in [0.29, 0.717) is 18.4 Å². The Bertz CT molecular complexity index is 466. The summed E-state index contributed by atoms with van der Waals surface area (Å²) in [5.41, 5.74) is 7.23. The molecule has 4 heteroatoms. The van der Waals surface area contributed by atoms with E-state index in [2.05, 4.69) is 17.0 Å². The molecule has 1 aliphatic carbocycles. The quantitative estimate of drug-likeness (QED) is 0.872. The topological polar surface area (TPSA) is 58.7 Å². The van der Waals surface area contributed by atoms with Crippen molar-refractivity contribution in [2.45, 2.75) is 25.0 Å². The number of ether oxygens (including phenoxy) is 1. The van der Waals surface area contributed by atoms with Crippen molar-refractivity contribution in [3.8, 4) is 5.75 Å². The summed E-state index contributed by atoms with van der Waals surface area (Å²) < 4.78 is 5.30. The minimum absolute atomic E-state index is 0.117. The third-order valence-corrected chi connectivity index (χ3v) is 4.99. The number of likely N-dealkylation sites (tertiary alicyclic amines) is 1. The molecule has 3 N–H and O–H groups in total. The van der Waals surface area contributed by atoms with Gasteiger partial charge in [-0.15, -0.1) is 0 Å². The molecular weight excluding hydrogens is 252 g/mol. The number of rotatable bonds is 4. The van der Waals surface area contributed by atoms with E-state index in [1.54, 1.807) is 7.11 Å². The van der Waals surface area contributed by atoms with Crippen molar-refractivity contribution in [2.24, 2.45) is 17.6 Å². The van der Waals surface area contributed by atoms with E-state index in [0.717, 1.165) is 31.7 Å². The van der Waals surface area contributed by atoms with E-state index >= 15 is 0 Å². The first kappa shape index (κ1) is 13.9. The normalized spacial score (nSPS) is 31.2. The highest BCUT2D eigenvalue weighted by molar-refractivity contribution is 5.31. The first-order chi connectivity index (χ1) is 9.72. The first-order valence-corrected chi connectivity index (χ1v) is 7.49. The lowest BCUT2D eigenvalue weighted by molar-refractivity contribution is 0.118. The molecule has 4 nitrogen and oxygen atoms in total. The second kappa shape index (κ2) is 5.72. The number of fused-ring (bicyclic) bond motifs is 1. The summed E-state index contributed by atoms with van der Waals surface area (Å²) in [4.78, 5) is 2.44. The van der Waals surface area contributed by atoms with Gasteiger partial charge in [0.2, 0.25) is 0 Å². The highest BCUT2D eigenvalue weighted by Crippen LogP contribution is 2.41. The summed E-state index contributed by atoms with van der Waals surface area (Å²) >= 11 is 0. The summed E-state index contributed by atoms with van der Waals surface area (Å²) in [6.07, 6.45) is 2.00. The molecule has 20 heavy (non-hydrogen) atoms. The van der Waals surface area contributed by atoms with Crippen LogP contribution in [0.3, 0.4) is 0 Å². The van der Waals surface area contributed by atoms with E-state index in [9.17, 15) is 5.11 Å². The van der Waals surface area contributed by atoms with Crippen molar-refractivity contribution in [3.05, 3.63) is 29.8 Å². The zero-order valence-electron chi connectivity index (χ0n) is 12.0. The molecule has 0 bridgehead atoms. The van der Waals surface area contributed by atoms with E-state index < -0.39 is 0 Å². The summed E-state index contributed by atoms with van der Waals surface area (Å²) in [5.74, 6) is 1.96. The van der Waals surface area contributed by atoms with Crippen molar-refractivity contribution in [1.29, 1.82) is 0 Å². The molecule has 0 aromatic heterocycles. The van der Waals surface area contributed by atoms with Gasteiger partial charge in [-0.25, -0.2) is 0 Å². The summed E-state index contributed by atoms with van der Waals surface area (Å²) in [7, 11) is 1.69. The van der Waals surface area contributed by atoms with Gasteiger partial charge in [-0.3, -0.25) is 4.90 Å². The van der Waals surface area contributed by atoms with Crippen LogP contribution in [0.5, 0.6) is 5.75 Å². The Kier molecular flexibility index (Phi) is 3.96. The molecule has 1 saturated heterocycles. The average molecular weight is 276 g/mol. The summed E-state index contributed by atoms with van der Waals surface area (Å²) in [6.45, 7) is 2.62. The van der Waals surface area contributed by atoms with E-state index in [4.69, 9.17) is 10.5 Å². The Morgan fingerprint density at radius 2 is 2.25 bits per heavy atom. The molecule has 1 aromatic rings. The molecule has 3 rings (SSSR count). The largest absolute Gasteiger partial charge is 0.497 e. The van der Waals surface area contributed by atoms with Crippen molar-refractivity contribution in [2.75, 3.05) is 26.7 Å². The Morgan fingerprint density at radius 1 is 1.40 bits per heavy atom. The molecule has 0 amide bonds. The third-order valence-electron chi connectivity index (χ3n) is 4.99. The molecule has 1 saturated carbocycles.